The molecule has 1 fully saturated rings. The summed E-state index contributed by atoms with van der Waals surface area (Å²) in [4.78, 5) is 24.5. The van der Waals surface area contributed by atoms with Crippen molar-refractivity contribution in [3.05, 3.63) is 45.7 Å². The van der Waals surface area contributed by atoms with Crippen molar-refractivity contribution in [2.45, 2.75) is 64.0 Å². The number of ether oxygens (including phenoxy) is 2. The fraction of sp³-hybridized carbons (Fsp3) is 0.478. The maximum absolute atomic E-state index is 12.8. The van der Waals surface area contributed by atoms with Gasteiger partial charge in [0.25, 0.3) is 5.91 Å². The lowest BCUT2D eigenvalue weighted by Crippen LogP contribution is -2.52. The maximum atomic E-state index is 12.8. The molecule has 1 aromatic heterocycles. The summed E-state index contributed by atoms with van der Waals surface area (Å²) in [7, 11) is 0. The SMILES string of the molecule is Cc1cc(C(=O)N[C@@H](C)CC2CCC3(CC2)OC(=O)NN=C3c2cc(OC(F)(F)F)ccc2Br)n[nH]1. The van der Waals surface area contributed by atoms with Gasteiger partial charge in [0.2, 0.25) is 0 Å². The number of carbonyl (C=O) groups is 2. The Balaban J connectivity index is 1.45. The van der Waals surface area contributed by atoms with Gasteiger partial charge in [-0.1, -0.05) is 15.9 Å². The van der Waals surface area contributed by atoms with E-state index in [0.29, 0.717) is 53.5 Å². The van der Waals surface area contributed by atoms with Gasteiger partial charge in [0, 0.05) is 21.8 Å². The maximum Gasteiger partial charge on any atom is 0.573 e. The molecule has 0 bridgehead atoms. The molecule has 1 aliphatic heterocycles. The number of nitrogens with zero attached hydrogens (tertiary/aromatic N) is 2. The quantitative estimate of drug-likeness (QED) is 0.453. The lowest BCUT2D eigenvalue weighted by molar-refractivity contribution is -0.274. The molecule has 0 radical (unpaired) electrons. The van der Waals surface area contributed by atoms with E-state index in [9.17, 15) is 22.8 Å². The summed E-state index contributed by atoms with van der Waals surface area (Å²) in [5, 5.41) is 13.8. The zero-order chi connectivity index (χ0) is 26.1. The van der Waals surface area contributed by atoms with Gasteiger partial charge >= 0.3 is 12.5 Å². The minimum absolute atomic E-state index is 0.109. The van der Waals surface area contributed by atoms with Gasteiger partial charge in [0.1, 0.15) is 17.2 Å². The van der Waals surface area contributed by atoms with Crippen molar-refractivity contribution in [3.8, 4) is 5.75 Å². The number of hydrazone groups is 1. The van der Waals surface area contributed by atoms with Crippen LogP contribution in [0.1, 0.15) is 60.8 Å². The second-order valence-corrected chi connectivity index (χ2v) is 9.99. The van der Waals surface area contributed by atoms with E-state index in [-0.39, 0.29) is 17.9 Å². The molecular weight excluding hydrogens is 547 g/mol. The number of hydrogen-bond donors (Lipinski definition) is 3. The normalized spacial score (nSPS) is 22.9. The molecule has 1 aliphatic carbocycles. The molecule has 4 rings (SSSR count). The fourth-order valence-corrected chi connectivity index (χ4v) is 5.18. The lowest BCUT2D eigenvalue weighted by Gasteiger charge is -2.42. The Labute approximate surface area is 213 Å². The highest BCUT2D eigenvalue weighted by Crippen LogP contribution is 2.42. The van der Waals surface area contributed by atoms with Crippen LogP contribution in [0.5, 0.6) is 5.75 Å². The third-order valence-corrected chi connectivity index (χ3v) is 7.01. The first-order chi connectivity index (χ1) is 16.9. The number of carbonyl (C=O) groups excluding carboxylic acids is 2. The number of benzene rings is 1. The Morgan fingerprint density at radius 1 is 1.33 bits per heavy atom. The van der Waals surface area contributed by atoms with Gasteiger partial charge in [-0.2, -0.15) is 10.2 Å². The minimum Gasteiger partial charge on any atom is -0.435 e. The molecule has 0 saturated heterocycles. The van der Waals surface area contributed by atoms with Crippen LogP contribution in [0.2, 0.25) is 0 Å². The Morgan fingerprint density at radius 2 is 2.06 bits per heavy atom. The first-order valence-electron chi connectivity index (χ1n) is 11.4. The summed E-state index contributed by atoms with van der Waals surface area (Å²) >= 11 is 3.37. The third kappa shape index (κ3) is 6.00. The highest BCUT2D eigenvalue weighted by molar-refractivity contribution is 9.10. The topological polar surface area (TPSA) is 118 Å². The Bertz CT molecular complexity index is 1170. The van der Waals surface area contributed by atoms with E-state index in [4.69, 9.17) is 4.74 Å². The second-order valence-electron chi connectivity index (χ2n) is 9.14. The number of rotatable bonds is 6. The molecule has 2 aliphatic rings. The summed E-state index contributed by atoms with van der Waals surface area (Å²) in [6.07, 6.45) is -2.65. The average Bonchev–Trinajstić information content (AvgIpc) is 3.23. The highest BCUT2D eigenvalue weighted by atomic mass is 79.9. The molecule has 1 saturated carbocycles. The molecule has 2 aromatic rings. The summed E-state index contributed by atoms with van der Waals surface area (Å²) < 4.78 is 48.5. The van der Waals surface area contributed by atoms with E-state index in [1.165, 1.54) is 18.2 Å². The van der Waals surface area contributed by atoms with E-state index in [1.54, 1.807) is 6.07 Å². The number of nitrogens with one attached hydrogen (secondary N) is 3. The van der Waals surface area contributed by atoms with Gasteiger partial charge in [-0.3, -0.25) is 9.89 Å². The largest absolute Gasteiger partial charge is 0.573 e. The summed E-state index contributed by atoms with van der Waals surface area (Å²) in [6.45, 7) is 3.73. The smallest absolute Gasteiger partial charge is 0.435 e. The zero-order valence-electron chi connectivity index (χ0n) is 19.5. The minimum atomic E-state index is -4.85. The van der Waals surface area contributed by atoms with Crippen LogP contribution in [0.25, 0.3) is 0 Å². The van der Waals surface area contributed by atoms with Crippen LogP contribution in [0.4, 0.5) is 18.0 Å². The molecule has 0 unspecified atom stereocenters. The third-order valence-electron chi connectivity index (χ3n) is 6.32. The van der Waals surface area contributed by atoms with Crippen LogP contribution >= 0.6 is 15.9 Å². The molecule has 9 nitrogen and oxygen atoms in total. The monoisotopic (exact) mass is 571 g/mol. The van der Waals surface area contributed by atoms with Crippen LogP contribution in [-0.2, 0) is 4.74 Å². The molecule has 1 aromatic carbocycles. The van der Waals surface area contributed by atoms with Gasteiger partial charge in [-0.15, -0.1) is 13.2 Å². The molecule has 2 heterocycles. The van der Waals surface area contributed by atoms with Gasteiger partial charge in [0.15, 0.2) is 5.60 Å². The lowest BCUT2D eigenvalue weighted by atomic mass is 9.73. The van der Waals surface area contributed by atoms with Crippen molar-refractivity contribution < 1.29 is 32.2 Å². The molecule has 13 heteroatoms. The number of amides is 2. The van der Waals surface area contributed by atoms with Gasteiger partial charge < -0.3 is 14.8 Å². The summed E-state index contributed by atoms with van der Waals surface area (Å²) in [6, 6.07) is 5.40. The predicted octanol–water partition coefficient (Wildman–Crippen LogP) is 4.96. The number of aromatic amines is 1. The number of alkyl halides is 3. The molecule has 36 heavy (non-hydrogen) atoms. The highest BCUT2D eigenvalue weighted by Gasteiger charge is 2.47. The Hall–Kier alpha value is -3.09. The van der Waals surface area contributed by atoms with E-state index in [1.807, 2.05) is 13.8 Å². The number of halogens is 4. The fourth-order valence-electron chi connectivity index (χ4n) is 4.75. The number of H-pyrrole nitrogens is 1. The molecular formula is C23H25BrF3N5O4. The predicted molar refractivity (Wildman–Crippen MR) is 127 cm³/mol. The van der Waals surface area contributed by atoms with Crippen molar-refractivity contribution in [2.75, 3.05) is 0 Å². The van der Waals surface area contributed by atoms with Crippen LogP contribution < -0.4 is 15.5 Å². The Kier molecular flexibility index (Phi) is 7.30. The van der Waals surface area contributed by atoms with Gasteiger partial charge in [-0.05, 0) is 76.1 Å². The van der Waals surface area contributed by atoms with E-state index >= 15 is 0 Å². The summed E-state index contributed by atoms with van der Waals surface area (Å²) in [5.74, 6) is -0.419. The first kappa shape index (κ1) is 26.0. The Morgan fingerprint density at radius 3 is 2.69 bits per heavy atom. The standard InChI is InChI=1S/C23H25BrF3N5O4/c1-12(28-20(33)18-10-13(2)29-30-18)9-14-5-7-22(8-6-14)19(31-32-21(34)36-22)16-11-15(3-4-17(16)24)35-23(25,26)27/h3-4,10-12,14H,5-9H2,1-2H3,(H,28,33)(H,29,30)(H,32,34)/t12-,14?,22?/m0/s1. The van der Waals surface area contributed by atoms with Crippen LogP contribution in [0, 0.1) is 12.8 Å². The molecule has 1 atom stereocenters. The van der Waals surface area contributed by atoms with Crippen molar-refractivity contribution in [2.24, 2.45) is 11.0 Å². The van der Waals surface area contributed by atoms with Crippen LogP contribution in [0.15, 0.2) is 33.8 Å². The average molecular weight is 572 g/mol. The first-order valence-corrected chi connectivity index (χ1v) is 12.2. The van der Waals surface area contributed by atoms with Crippen molar-refractivity contribution in [3.63, 3.8) is 0 Å². The molecule has 194 valence electrons. The molecule has 2 amide bonds. The van der Waals surface area contributed by atoms with Crippen molar-refractivity contribution >= 4 is 33.6 Å². The number of hydrogen-bond acceptors (Lipinski definition) is 6. The van der Waals surface area contributed by atoms with Crippen molar-refractivity contribution in [1.29, 1.82) is 0 Å². The van der Waals surface area contributed by atoms with Crippen molar-refractivity contribution in [1.82, 2.24) is 20.9 Å². The van der Waals surface area contributed by atoms with E-state index < -0.39 is 23.8 Å². The molecule has 1 spiro atoms. The number of aromatic nitrogens is 2. The zero-order valence-corrected chi connectivity index (χ0v) is 21.1. The second kappa shape index (κ2) is 10.1. The van der Waals surface area contributed by atoms with E-state index in [2.05, 4.69) is 46.7 Å². The van der Waals surface area contributed by atoms with E-state index in [0.717, 1.165) is 5.69 Å². The van der Waals surface area contributed by atoms with Crippen LogP contribution in [0.3, 0.4) is 0 Å². The molecule has 3 N–H and O–H groups in total. The van der Waals surface area contributed by atoms with Crippen LogP contribution in [-0.4, -0.2) is 45.9 Å². The van der Waals surface area contributed by atoms with Gasteiger partial charge in [0.05, 0.1) is 0 Å². The summed E-state index contributed by atoms with van der Waals surface area (Å²) in [5.41, 5.74) is 2.97. The van der Waals surface area contributed by atoms with Gasteiger partial charge in [-0.25, -0.2) is 10.2 Å². The number of aryl methyl sites for hydroxylation is 1.